The number of aryl methyl sites for hydroxylation is 2. The van der Waals surface area contributed by atoms with Gasteiger partial charge in [0.15, 0.2) is 17.5 Å². The van der Waals surface area contributed by atoms with Gasteiger partial charge in [0, 0.05) is 5.69 Å². The predicted octanol–water partition coefficient (Wildman–Crippen LogP) is 6.89. The minimum absolute atomic E-state index is 0.286. The van der Waals surface area contributed by atoms with Gasteiger partial charge in [-0.1, -0.05) is 29.8 Å². The van der Waals surface area contributed by atoms with Gasteiger partial charge in [-0.25, -0.2) is 14.7 Å². The highest BCUT2D eigenvalue weighted by Crippen LogP contribution is 2.48. The zero-order chi connectivity index (χ0) is 26.5. The Hall–Kier alpha value is -5.11. The van der Waals surface area contributed by atoms with Crippen LogP contribution in [0.3, 0.4) is 0 Å². The largest absolute Gasteiger partial charge is 0.497 e. The average Bonchev–Trinajstić information content (AvgIpc) is 3.61. The number of fused-ring (bicyclic) bond motifs is 4. The second kappa shape index (κ2) is 9.02. The SMILES string of the molecule is COc1ccc(NC2=Nc3ccccc3N3C2=Nc2c(c(C)nn2-c2ccc(C)cc2)C3c2ccco2)cc1. The lowest BCUT2D eigenvalue weighted by molar-refractivity contribution is 0.415. The molecule has 192 valence electrons. The molecule has 39 heavy (non-hydrogen) atoms. The summed E-state index contributed by atoms with van der Waals surface area (Å²) < 4.78 is 13.3. The zero-order valence-electron chi connectivity index (χ0n) is 21.8. The molecule has 2 aliphatic heterocycles. The van der Waals surface area contributed by atoms with Gasteiger partial charge < -0.3 is 19.4 Å². The number of rotatable bonds is 4. The van der Waals surface area contributed by atoms with Crippen LogP contribution in [-0.4, -0.2) is 28.6 Å². The van der Waals surface area contributed by atoms with E-state index in [9.17, 15) is 0 Å². The Bertz CT molecular complexity index is 1730. The molecule has 1 atom stereocenters. The molecule has 8 heteroatoms. The van der Waals surface area contributed by atoms with Gasteiger partial charge in [0.25, 0.3) is 0 Å². The molecule has 2 aromatic heterocycles. The van der Waals surface area contributed by atoms with Crippen molar-refractivity contribution in [2.45, 2.75) is 19.9 Å². The molecule has 0 amide bonds. The van der Waals surface area contributed by atoms with Crippen molar-refractivity contribution in [3.05, 3.63) is 114 Å². The van der Waals surface area contributed by atoms with Crippen molar-refractivity contribution in [3.63, 3.8) is 0 Å². The predicted molar refractivity (Wildman–Crippen MR) is 153 cm³/mol. The number of benzene rings is 3. The van der Waals surface area contributed by atoms with E-state index in [2.05, 4.69) is 47.5 Å². The maximum Gasteiger partial charge on any atom is 0.179 e. The molecule has 0 saturated carbocycles. The third kappa shape index (κ3) is 3.80. The van der Waals surface area contributed by atoms with E-state index in [0.29, 0.717) is 11.7 Å². The van der Waals surface area contributed by atoms with Crippen molar-refractivity contribution in [1.82, 2.24) is 9.78 Å². The summed E-state index contributed by atoms with van der Waals surface area (Å²) in [6.45, 7) is 4.10. The molecule has 0 saturated heterocycles. The van der Waals surface area contributed by atoms with Crippen molar-refractivity contribution in [2.24, 2.45) is 9.98 Å². The van der Waals surface area contributed by atoms with Crippen molar-refractivity contribution >= 4 is 34.6 Å². The van der Waals surface area contributed by atoms with Crippen LogP contribution in [0.5, 0.6) is 5.75 Å². The molecule has 1 N–H and O–H groups in total. The maximum atomic E-state index is 6.05. The van der Waals surface area contributed by atoms with Crippen molar-refractivity contribution in [3.8, 4) is 11.4 Å². The molecular weight excluding hydrogens is 488 g/mol. The number of methoxy groups -OCH3 is 1. The van der Waals surface area contributed by atoms with E-state index in [1.54, 1.807) is 13.4 Å². The molecule has 7 rings (SSSR count). The molecule has 1 unspecified atom stereocenters. The highest BCUT2D eigenvalue weighted by Gasteiger charge is 2.42. The smallest absolute Gasteiger partial charge is 0.179 e. The number of nitrogens with one attached hydrogen (secondary N) is 1. The molecule has 8 nitrogen and oxygen atoms in total. The van der Waals surface area contributed by atoms with Crippen molar-refractivity contribution in [1.29, 1.82) is 0 Å². The molecule has 0 fully saturated rings. The van der Waals surface area contributed by atoms with Gasteiger partial charge in [-0.15, -0.1) is 0 Å². The molecule has 0 spiro atoms. The van der Waals surface area contributed by atoms with Crippen LogP contribution in [0.2, 0.25) is 0 Å². The van der Waals surface area contributed by atoms with Gasteiger partial charge in [0.1, 0.15) is 17.6 Å². The van der Waals surface area contributed by atoms with Crippen LogP contribution in [0.1, 0.15) is 28.6 Å². The Morgan fingerprint density at radius 3 is 2.41 bits per heavy atom. The number of para-hydroxylation sites is 2. The summed E-state index contributed by atoms with van der Waals surface area (Å²) in [6, 6.07) is 27.8. The minimum Gasteiger partial charge on any atom is -0.497 e. The molecule has 0 aliphatic carbocycles. The number of anilines is 2. The molecule has 3 aromatic carbocycles. The number of nitrogens with zero attached hydrogens (tertiary/aromatic N) is 5. The summed E-state index contributed by atoms with van der Waals surface area (Å²) >= 11 is 0. The molecular formula is C31H26N6O2. The van der Waals surface area contributed by atoms with Gasteiger partial charge in [0.2, 0.25) is 0 Å². The van der Waals surface area contributed by atoms with E-state index in [1.807, 2.05) is 66.2 Å². The fourth-order valence-corrected chi connectivity index (χ4v) is 5.19. The number of amidine groups is 2. The third-order valence-corrected chi connectivity index (χ3v) is 7.08. The quantitative estimate of drug-likeness (QED) is 0.283. The lowest BCUT2D eigenvalue weighted by Crippen LogP contribution is -2.46. The molecule has 2 aliphatic rings. The van der Waals surface area contributed by atoms with Crippen molar-refractivity contribution in [2.75, 3.05) is 17.3 Å². The Morgan fingerprint density at radius 1 is 0.872 bits per heavy atom. The fraction of sp³-hybridized carbons (Fsp3) is 0.129. The topological polar surface area (TPSA) is 80.2 Å². The number of aliphatic imine (C=N–C) groups is 2. The fourth-order valence-electron chi connectivity index (χ4n) is 5.19. The molecule has 0 radical (unpaired) electrons. The van der Waals surface area contributed by atoms with Crippen LogP contribution in [0.4, 0.5) is 22.9 Å². The Labute approximate surface area is 225 Å². The standard InChI is InChI=1S/C31H26N6O2/c1-19-10-14-22(15-11-19)37-30-27(20(2)35-37)28(26-9-6-18-39-26)36-25-8-5-4-7-24(25)33-29(31(36)34-30)32-21-12-16-23(38-3)17-13-21/h4-18,28H,1-3H3,(H,32,33). The van der Waals surface area contributed by atoms with Crippen LogP contribution >= 0.6 is 0 Å². The number of hydrogen-bond acceptors (Lipinski definition) is 7. The first-order chi connectivity index (χ1) is 19.1. The van der Waals surface area contributed by atoms with Crippen molar-refractivity contribution < 1.29 is 9.15 Å². The second-order valence-electron chi connectivity index (χ2n) is 9.60. The first-order valence-corrected chi connectivity index (χ1v) is 12.8. The Balaban J connectivity index is 1.46. The Morgan fingerprint density at radius 2 is 1.67 bits per heavy atom. The summed E-state index contributed by atoms with van der Waals surface area (Å²) in [5.41, 5.74) is 6.68. The normalized spacial score (nSPS) is 15.6. The summed E-state index contributed by atoms with van der Waals surface area (Å²) in [6.07, 6.45) is 1.71. The summed E-state index contributed by atoms with van der Waals surface area (Å²) in [5.74, 6) is 3.67. The lowest BCUT2D eigenvalue weighted by atomic mass is 9.98. The van der Waals surface area contributed by atoms with Gasteiger partial charge in [-0.05, 0) is 74.5 Å². The first kappa shape index (κ1) is 23.0. The van der Waals surface area contributed by atoms with E-state index in [-0.39, 0.29) is 6.04 Å². The summed E-state index contributed by atoms with van der Waals surface area (Å²) in [5, 5.41) is 8.47. The third-order valence-electron chi connectivity index (χ3n) is 7.08. The van der Waals surface area contributed by atoms with Crippen LogP contribution in [0, 0.1) is 13.8 Å². The zero-order valence-corrected chi connectivity index (χ0v) is 21.8. The van der Waals surface area contributed by atoms with E-state index in [4.69, 9.17) is 24.2 Å². The number of furan rings is 1. The van der Waals surface area contributed by atoms with E-state index in [0.717, 1.165) is 51.3 Å². The minimum atomic E-state index is -0.286. The average molecular weight is 515 g/mol. The van der Waals surface area contributed by atoms with Gasteiger partial charge >= 0.3 is 0 Å². The van der Waals surface area contributed by atoms with E-state index < -0.39 is 0 Å². The highest BCUT2D eigenvalue weighted by molar-refractivity contribution is 6.51. The first-order valence-electron chi connectivity index (χ1n) is 12.8. The highest BCUT2D eigenvalue weighted by atomic mass is 16.5. The van der Waals surface area contributed by atoms with Crippen LogP contribution in [0.15, 0.2) is 106 Å². The Kier molecular flexibility index (Phi) is 5.33. The maximum absolute atomic E-state index is 6.05. The molecule has 0 bridgehead atoms. The van der Waals surface area contributed by atoms with Gasteiger partial charge in [-0.3, -0.25) is 0 Å². The van der Waals surface area contributed by atoms with E-state index in [1.165, 1.54) is 5.56 Å². The number of aromatic nitrogens is 2. The van der Waals surface area contributed by atoms with Crippen LogP contribution in [-0.2, 0) is 0 Å². The number of hydrogen-bond donors (Lipinski definition) is 1. The summed E-state index contributed by atoms with van der Waals surface area (Å²) in [4.78, 5) is 12.5. The monoisotopic (exact) mass is 514 g/mol. The number of ether oxygens (including phenoxy) is 1. The molecule has 4 heterocycles. The lowest BCUT2D eigenvalue weighted by Gasteiger charge is -2.39. The van der Waals surface area contributed by atoms with Gasteiger partial charge in [0.05, 0.1) is 41.7 Å². The molecule has 5 aromatic rings. The summed E-state index contributed by atoms with van der Waals surface area (Å²) in [7, 11) is 1.66. The van der Waals surface area contributed by atoms with Crippen LogP contribution in [0.25, 0.3) is 5.69 Å². The van der Waals surface area contributed by atoms with Gasteiger partial charge in [-0.2, -0.15) is 5.10 Å². The van der Waals surface area contributed by atoms with E-state index >= 15 is 0 Å². The van der Waals surface area contributed by atoms with Crippen LogP contribution < -0.4 is 15.0 Å². The second-order valence-corrected chi connectivity index (χ2v) is 9.60.